The number of aromatic nitrogens is 1. The third-order valence-electron chi connectivity index (χ3n) is 2.78. The van der Waals surface area contributed by atoms with Crippen LogP contribution in [-0.4, -0.2) is 12.1 Å². The maximum Gasteiger partial charge on any atom is 0.125 e. The van der Waals surface area contributed by atoms with Crippen molar-refractivity contribution < 1.29 is 9.13 Å². The molecule has 3 aromatic rings. The average Bonchev–Trinajstić information content (AvgIpc) is 2.35. The van der Waals surface area contributed by atoms with Gasteiger partial charge in [0.25, 0.3) is 0 Å². The Bertz CT molecular complexity index is 709. The molecule has 3 heteroatoms. The van der Waals surface area contributed by atoms with E-state index in [9.17, 15) is 4.39 Å². The van der Waals surface area contributed by atoms with Gasteiger partial charge >= 0.3 is 0 Å². The predicted molar refractivity (Wildman–Crippen MR) is 65.8 cm³/mol. The number of benzene rings is 2. The normalized spacial score (nSPS) is 10.9. The highest BCUT2D eigenvalue weighted by Crippen LogP contribution is 2.23. The van der Waals surface area contributed by atoms with E-state index < -0.39 is 0 Å². The Hall–Kier alpha value is -2.16. The highest BCUT2D eigenvalue weighted by Gasteiger charge is 2.02. The molecule has 2 nitrogen and oxygen atoms in total. The molecule has 0 aliphatic rings. The van der Waals surface area contributed by atoms with Gasteiger partial charge in [0.2, 0.25) is 0 Å². The van der Waals surface area contributed by atoms with Crippen molar-refractivity contribution in [2.75, 3.05) is 7.11 Å². The summed E-state index contributed by atoms with van der Waals surface area (Å²) in [5, 5.41) is 1.91. The topological polar surface area (TPSA) is 22.1 Å². The quantitative estimate of drug-likeness (QED) is 0.593. The monoisotopic (exact) mass is 227 g/mol. The maximum atomic E-state index is 13.1. The molecule has 0 amide bonds. The first kappa shape index (κ1) is 10.0. The minimum Gasteiger partial charge on any atom is -0.497 e. The van der Waals surface area contributed by atoms with Gasteiger partial charge in [-0.1, -0.05) is 0 Å². The van der Waals surface area contributed by atoms with Gasteiger partial charge in [-0.3, -0.25) is 0 Å². The van der Waals surface area contributed by atoms with Crippen LogP contribution in [0.1, 0.15) is 0 Å². The average molecular weight is 227 g/mol. The van der Waals surface area contributed by atoms with Crippen LogP contribution in [0.3, 0.4) is 0 Å². The Balaban J connectivity index is 2.35. The molecule has 1 heterocycles. The van der Waals surface area contributed by atoms with Crippen LogP contribution in [0.5, 0.6) is 5.75 Å². The van der Waals surface area contributed by atoms with Crippen molar-refractivity contribution >= 4 is 21.8 Å². The van der Waals surface area contributed by atoms with Gasteiger partial charge in [0.1, 0.15) is 11.6 Å². The summed E-state index contributed by atoms with van der Waals surface area (Å²) in [5.41, 5.74) is 1.51. The highest BCUT2D eigenvalue weighted by molar-refractivity contribution is 5.93. The van der Waals surface area contributed by atoms with Gasteiger partial charge in [0.15, 0.2) is 0 Å². The number of hydrogen-bond acceptors (Lipinski definition) is 2. The van der Waals surface area contributed by atoms with Crippen LogP contribution >= 0.6 is 0 Å². The van der Waals surface area contributed by atoms with E-state index in [4.69, 9.17) is 4.74 Å². The first-order valence-corrected chi connectivity index (χ1v) is 5.30. The number of rotatable bonds is 1. The van der Waals surface area contributed by atoms with Crippen molar-refractivity contribution in [2.45, 2.75) is 0 Å². The van der Waals surface area contributed by atoms with E-state index in [0.717, 1.165) is 22.0 Å². The SMILES string of the molecule is COc1ccc2nc3cc(F)ccc3cc2c1. The minimum atomic E-state index is -0.266. The molecule has 84 valence electrons. The second-order valence-corrected chi connectivity index (χ2v) is 3.88. The summed E-state index contributed by atoms with van der Waals surface area (Å²) in [6.07, 6.45) is 0. The molecule has 0 radical (unpaired) electrons. The first-order chi connectivity index (χ1) is 8.26. The lowest BCUT2D eigenvalue weighted by molar-refractivity contribution is 0.415. The molecule has 0 saturated carbocycles. The van der Waals surface area contributed by atoms with Gasteiger partial charge in [-0.25, -0.2) is 9.37 Å². The Morgan fingerprint density at radius 3 is 2.65 bits per heavy atom. The molecule has 0 aliphatic heterocycles. The molecule has 2 aromatic carbocycles. The summed E-state index contributed by atoms with van der Waals surface area (Å²) in [6, 6.07) is 12.2. The van der Waals surface area contributed by atoms with E-state index in [1.165, 1.54) is 12.1 Å². The van der Waals surface area contributed by atoms with Crippen LogP contribution in [0.2, 0.25) is 0 Å². The molecule has 0 unspecified atom stereocenters. The summed E-state index contributed by atoms with van der Waals surface area (Å²) in [6.45, 7) is 0. The van der Waals surface area contributed by atoms with Gasteiger partial charge in [-0.15, -0.1) is 0 Å². The Morgan fingerprint density at radius 1 is 0.941 bits per heavy atom. The zero-order chi connectivity index (χ0) is 11.8. The van der Waals surface area contributed by atoms with E-state index in [2.05, 4.69) is 4.98 Å². The fourth-order valence-electron chi connectivity index (χ4n) is 1.91. The van der Waals surface area contributed by atoms with Crippen LogP contribution in [0, 0.1) is 5.82 Å². The van der Waals surface area contributed by atoms with Crippen molar-refractivity contribution in [2.24, 2.45) is 0 Å². The number of fused-ring (bicyclic) bond motifs is 2. The van der Waals surface area contributed by atoms with E-state index in [1.54, 1.807) is 13.2 Å². The molecule has 0 spiro atoms. The largest absolute Gasteiger partial charge is 0.497 e. The third-order valence-corrected chi connectivity index (χ3v) is 2.78. The molecule has 0 aliphatic carbocycles. The Labute approximate surface area is 97.7 Å². The van der Waals surface area contributed by atoms with Crippen LogP contribution in [0.25, 0.3) is 21.8 Å². The highest BCUT2D eigenvalue weighted by atomic mass is 19.1. The Kier molecular flexibility index (Phi) is 2.18. The van der Waals surface area contributed by atoms with Crippen molar-refractivity contribution in [3.63, 3.8) is 0 Å². The molecule has 0 atom stereocenters. The summed E-state index contributed by atoms with van der Waals surface area (Å²) in [7, 11) is 1.63. The van der Waals surface area contributed by atoms with E-state index in [0.29, 0.717) is 5.52 Å². The van der Waals surface area contributed by atoms with Crippen LogP contribution in [0.15, 0.2) is 42.5 Å². The fourth-order valence-corrected chi connectivity index (χ4v) is 1.91. The predicted octanol–water partition coefficient (Wildman–Crippen LogP) is 3.54. The van der Waals surface area contributed by atoms with Gasteiger partial charge in [-0.05, 0) is 36.4 Å². The van der Waals surface area contributed by atoms with Crippen molar-refractivity contribution in [3.05, 3.63) is 48.3 Å². The van der Waals surface area contributed by atoms with Crippen molar-refractivity contribution in [1.82, 2.24) is 4.98 Å². The molecule has 0 fully saturated rings. The number of hydrogen-bond donors (Lipinski definition) is 0. The van der Waals surface area contributed by atoms with Gasteiger partial charge < -0.3 is 4.74 Å². The number of halogens is 1. The minimum absolute atomic E-state index is 0.266. The van der Waals surface area contributed by atoms with Crippen LogP contribution in [-0.2, 0) is 0 Å². The second-order valence-electron chi connectivity index (χ2n) is 3.88. The number of methoxy groups -OCH3 is 1. The zero-order valence-electron chi connectivity index (χ0n) is 9.27. The van der Waals surface area contributed by atoms with E-state index >= 15 is 0 Å². The molecular formula is C14H10FNO. The fraction of sp³-hybridized carbons (Fsp3) is 0.0714. The van der Waals surface area contributed by atoms with E-state index in [-0.39, 0.29) is 5.82 Å². The Morgan fingerprint density at radius 2 is 1.82 bits per heavy atom. The molecule has 3 rings (SSSR count). The summed E-state index contributed by atoms with van der Waals surface area (Å²) in [4.78, 5) is 4.42. The zero-order valence-corrected chi connectivity index (χ0v) is 9.27. The lowest BCUT2D eigenvalue weighted by atomic mass is 10.1. The number of nitrogens with zero attached hydrogens (tertiary/aromatic N) is 1. The summed E-state index contributed by atoms with van der Waals surface area (Å²) in [5.74, 6) is 0.527. The maximum absolute atomic E-state index is 13.1. The number of pyridine rings is 1. The molecule has 1 aromatic heterocycles. The number of ether oxygens (including phenoxy) is 1. The van der Waals surface area contributed by atoms with Gasteiger partial charge in [0.05, 0.1) is 18.1 Å². The van der Waals surface area contributed by atoms with E-state index in [1.807, 2.05) is 24.3 Å². The van der Waals surface area contributed by atoms with Crippen molar-refractivity contribution in [1.29, 1.82) is 0 Å². The molecule has 0 saturated heterocycles. The van der Waals surface area contributed by atoms with Crippen LogP contribution in [0.4, 0.5) is 4.39 Å². The van der Waals surface area contributed by atoms with Crippen molar-refractivity contribution in [3.8, 4) is 5.75 Å². The summed E-state index contributed by atoms with van der Waals surface area (Å²) < 4.78 is 18.3. The third kappa shape index (κ3) is 1.69. The molecule has 17 heavy (non-hydrogen) atoms. The lowest BCUT2D eigenvalue weighted by Gasteiger charge is -2.04. The standard InChI is InChI=1S/C14H10FNO/c1-17-12-4-5-13-10(7-12)6-9-2-3-11(15)8-14(9)16-13/h2-8H,1H3. The smallest absolute Gasteiger partial charge is 0.125 e. The lowest BCUT2D eigenvalue weighted by Crippen LogP contribution is -1.86. The summed E-state index contributed by atoms with van der Waals surface area (Å²) >= 11 is 0. The first-order valence-electron chi connectivity index (χ1n) is 5.30. The molecule has 0 bridgehead atoms. The second kappa shape index (κ2) is 3.70. The van der Waals surface area contributed by atoms with Gasteiger partial charge in [-0.2, -0.15) is 0 Å². The molecule has 0 N–H and O–H groups in total. The van der Waals surface area contributed by atoms with Gasteiger partial charge in [0, 0.05) is 16.8 Å². The van der Waals surface area contributed by atoms with Crippen LogP contribution < -0.4 is 4.74 Å². The molecular weight excluding hydrogens is 217 g/mol.